The van der Waals surface area contributed by atoms with Crippen LogP contribution in [0.5, 0.6) is 5.75 Å². The van der Waals surface area contributed by atoms with Gasteiger partial charge in [-0.1, -0.05) is 19.1 Å². The first kappa shape index (κ1) is 20.2. The monoisotopic (exact) mass is 384 g/mol. The van der Waals surface area contributed by atoms with E-state index in [4.69, 9.17) is 4.74 Å². The molecule has 1 amide bonds. The molecule has 4 nitrogen and oxygen atoms in total. The van der Waals surface area contributed by atoms with Gasteiger partial charge in [0.25, 0.3) is 5.91 Å². The molecule has 0 bridgehead atoms. The molecular weight excluding hydrogens is 355 g/mol. The second kappa shape index (κ2) is 9.09. The first-order chi connectivity index (χ1) is 13.4. The Hall–Kier alpha value is -2.56. The van der Waals surface area contributed by atoms with E-state index < -0.39 is 6.10 Å². The van der Waals surface area contributed by atoms with E-state index in [0.717, 1.165) is 24.6 Å². The number of piperidine rings is 1. The molecule has 0 aromatic heterocycles. The number of benzene rings is 2. The van der Waals surface area contributed by atoms with Crippen molar-refractivity contribution >= 4 is 11.6 Å². The van der Waals surface area contributed by atoms with Crippen molar-refractivity contribution in [3.8, 4) is 5.75 Å². The minimum absolute atomic E-state index is 0.124. The smallest absolute Gasteiger partial charge is 0.261 e. The van der Waals surface area contributed by atoms with Crippen molar-refractivity contribution in [2.45, 2.75) is 45.8 Å². The lowest BCUT2D eigenvalue weighted by atomic mass is 9.99. The summed E-state index contributed by atoms with van der Waals surface area (Å²) >= 11 is 0. The standard InChI is InChI=1S/C23H29FN2O2/c1-16-5-4-14-26(15-16)21-10-6-19(7-11-21)17(2)25-23(27)18(3)28-22-12-8-20(24)9-13-22/h6-13,16-18H,4-5,14-15H2,1-3H3,(H,25,27)/t16-,17-,18+/m1/s1. The summed E-state index contributed by atoms with van der Waals surface area (Å²) in [6, 6.07) is 14.0. The maximum absolute atomic E-state index is 13.0. The van der Waals surface area contributed by atoms with Crippen LogP contribution < -0.4 is 15.0 Å². The molecule has 150 valence electrons. The van der Waals surface area contributed by atoms with Crippen LogP contribution in [0.15, 0.2) is 48.5 Å². The quantitative estimate of drug-likeness (QED) is 0.784. The fourth-order valence-corrected chi connectivity index (χ4v) is 3.58. The Bertz CT molecular complexity index is 776. The molecule has 0 aliphatic carbocycles. The molecule has 0 unspecified atom stereocenters. The number of amides is 1. The van der Waals surface area contributed by atoms with Crippen molar-refractivity contribution in [3.63, 3.8) is 0 Å². The molecule has 3 rings (SSSR count). The Balaban J connectivity index is 1.55. The molecule has 1 heterocycles. The van der Waals surface area contributed by atoms with Crippen molar-refractivity contribution in [2.75, 3.05) is 18.0 Å². The molecule has 0 radical (unpaired) electrons. The maximum Gasteiger partial charge on any atom is 0.261 e. The van der Waals surface area contributed by atoms with E-state index in [1.807, 2.05) is 6.92 Å². The van der Waals surface area contributed by atoms with Crippen LogP contribution in [0.3, 0.4) is 0 Å². The summed E-state index contributed by atoms with van der Waals surface area (Å²) in [7, 11) is 0. The van der Waals surface area contributed by atoms with Crippen LogP contribution in [-0.2, 0) is 4.79 Å². The van der Waals surface area contributed by atoms with Gasteiger partial charge in [0.2, 0.25) is 0 Å². The highest BCUT2D eigenvalue weighted by atomic mass is 19.1. The number of rotatable bonds is 6. The summed E-state index contributed by atoms with van der Waals surface area (Å²) in [5.74, 6) is 0.664. The Labute approximate surface area is 166 Å². The second-order valence-electron chi connectivity index (χ2n) is 7.73. The van der Waals surface area contributed by atoms with E-state index in [1.165, 1.54) is 42.8 Å². The van der Waals surface area contributed by atoms with Gasteiger partial charge in [0, 0.05) is 18.8 Å². The van der Waals surface area contributed by atoms with Gasteiger partial charge in [0.15, 0.2) is 6.10 Å². The van der Waals surface area contributed by atoms with Crippen LogP contribution in [0.2, 0.25) is 0 Å². The zero-order valence-electron chi connectivity index (χ0n) is 16.8. The average Bonchev–Trinajstić information content (AvgIpc) is 2.69. The van der Waals surface area contributed by atoms with E-state index in [-0.39, 0.29) is 17.8 Å². The molecule has 1 saturated heterocycles. The zero-order valence-corrected chi connectivity index (χ0v) is 16.8. The molecule has 1 aliphatic rings. The van der Waals surface area contributed by atoms with E-state index in [1.54, 1.807) is 6.92 Å². The number of halogens is 1. The topological polar surface area (TPSA) is 41.6 Å². The third kappa shape index (κ3) is 5.24. The number of nitrogens with one attached hydrogen (secondary N) is 1. The number of hydrogen-bond acceptors (Lipinski definition) is 3. The maximum atomic E-state index is 13.0. The molecule has 1 N–H and O–H groups in total. The Kier molecular flexibility index (Phi) is 6.55. The van der Waals surface area contributed by atoms with Gasteiger partial charge in [-0.25, -0.2) is 4.39 Å². The summed E-state index contributed by atoms with van der Waals surface area (Å²) in [6.07, 6.45) is 1.87. The van der Waals surface area contributed by atoms with Crippen molar-refractivity contribution < 1.29 is 13.9 Å². The molecule has 1 fully saturated rings. The number of nitrogens with zero attached hydrogens (tertiary/aromatic N) is 1. The van der Waals surface area contributed by atoms with Crippen LogP contribution >= 0.6 is 0 Å². The fraction of sp³-hybridized carbons (Fsp3) is 0.435. The number of carbonyl (C=O) groups excluding carboxylic acids is 1. The predicted molar refractivity (Wildman–Crippen MR) is 110 cm³/mol. The van der Waals surface area contributed by atoms with Gasteiger partial charge in [-0.2, -0.15) is 0 Å². The van der Waals surface area contributed by atoms with Crippen LogP contribution in [0.4, 0.5) is 10.1 Å². The van der Waals surface area contributed by atoms with Gasteiger partial charge < -0.3 is 15.0 Å². The molecule has 0 saturated carbocycles. The lowest BCUT2D eigenvalue weighted by molar-refractivity contribution is -0.127. The second-order valence-corrected chi connectivity index (χ2v) is 7.73. The number of hydrogen-bond donors (Lipinski definition) is 1. The highest BCUT2D eigenvalue weighted by Gasteiger charge is 2.19. The normalized spacial score (nSPS) is 19.0. The predicted octanol–water partition coefficient (Wildman–Crippen LogP) is 4.71. The van der Waals surface area contributed by atoms with Crippen LogP contribution in [0.25, 0.3) is 0 Å². The zero-order chi connectivity index (χ0) is 20.1. The number of carbonyl (C=O) groups is 1. The third-order valence-electron chi connectivity index (χ3n) is 5.27. The highest BCUT2D eigenvalue weighted by molar-refractivity contribution is 5.81. The van der Waals surface area contributed by atoms with E-state index >= 15 is 0 Å². The summed E-state index contributed by atoms with van der Waals surface area (Å²) in [6.45, 7) is 8.15. The van der Waals surface area contributed by atoms with Crippen LogP contribution in [-0.4, -0.2) is 25.1 Å². The van der Waals surface area contributed by atoms with Crippen molar-refractivity contribution in [1.82, 2.24) is 5.32 Å². The Morgan fingerprint density at radius 2 is 1.82 bits per heavy atom. The van der Waals surface area contributed by atoms with Gasteiger partial charge in [-0.15, -0.1) is 0 Å². The van der Waals surface area contributed by atoms with E-state index in [2.05, 4.69) is 41.4 Å². The van der Waals surface area contributed by atoms with Gasteiger partial charge >= 0.3 is 0 Å². The molecule has 0 spiro atoms. The Morgan fingerprint density at radius 3 is 2.46 bits per heavy atom. The minimum Gasteiger partial charge on any atom is -0.481 e. The average molecular weight is 384 g/mol. The molecule has 2 aromatic rings. The Morgan fingerprint density at radius 1 is 1.14 bits per heavy atom. The molecule has 1 aliphatic heterocycles. The van der Waals surface area contributed by atoms with E-state index in [0.29, 0.717) is 5.75 Å². The van der Waals surface area contributed by atoms with Crippen molar-refractivity contribution in [2.24, 2.45) is 5.92 Å². The van der Waals surface area contributed by atoms with Gasteiger partial charge in [-0.05, 0) is 74.6 Å². The summed E-state index contributed by atoms with van der Waals surface area (Å²) in [5, 5.41) is 2.98. The van der Waals surface area contributed by atoms with Crippen LogP contribution in [0, 0.1) is 11.7 Å². The molecular formula is C23H29FN2O2. The van der Waals surface area contributed by atoms with Gasteiger partial charge in [-0.3, -0.25) is 4.79 Å². The van der Waals surface area contributed by atoms with Gasteiger partial charge in [0.1, 0.15) is 11.6 Å². The molecule has 2 aromatic carbocycles. The van der Waals surface area contributed by atoms with Crippen molar-refractivity contribution in [1.29, 1.82) is 0 Å². The minimum atomic E-state index is -0.665. The third-order valence-corrected chi connectivity index (χ3v) is 5.27. The fourth-order valence-electron chi connectivity index (χ4n) is 3.58. The summed E-state index contributed by atoms with van der Waals surface area (Å²) < 4.78 is 18.6. The molecule has 5 heteroatoms. The molecule has 28 heavy (non-hydrogen) atoms. The lowest BCUT2D eigenvalue weighted by Gasteiger charge is -2.33. The lowest BCUT2D eigenvalue weighted by Crippen LogP contribution is -2.37. The van der Waals surface area contributed by atoms with Crippen molar-refractivity contribution in [3.05, 3.63) is 59.9 Å². The highest BCUT2D eigenvalue weighted by Crippen LogP contribution is 2.24. The van der Waals surface area contributed by atoms with E-state index in [9.17, 15) is 9.18 Å². The summed E-state index contributed by atoms with van der Waals surface area (Å²) in [4.78, 5) is 14.9. The largest absolute Gasteiger partial charge is 0.481 e. The number of anilines is 1. The van der Waals surface area contributed by atoms with Gasteiger partial charge in [0.05, 0.1) is 6.04 Å². The number of ether oxygens (including phenoxy) is 1. The molecule has 3 atom stereocenters. The first-order valence-electron chi connectivity index (χ1n) is 10.00. The SMILES string of the molecule is C[C@@H]1CCCN(c2ccc([C@@H](C)NC(=O)[C@H](C)Oc3ccc(F)cc3)cc2)C1. The summed E-state index contributed by atoms with van der Waals surface area (Å²) in [5.41, 5.74) is 2.29. The first-order valence-corrected chi connectivity index (χ1v) is 10.00. The van der Waals surface area contributed by atoms with Crippen LogP contribution in [0.1, 0.15) is 45.2 Å².